The van der Waals surface area contributed by atoms with Gasteiger partial charge in [0.05, 0.1) is 0 Å². The van der Waals surface area contributed by atoms with Crippen LogP contribution in [0.4, 0.5) is 8.78 Å². The molecule has 0 aliphatic carbocycles. The summed E-state index contributed by atoms with van der Waals surface area (Å²) in [4.78, 5) is 14.3. The van der Waals surface area contributed by atoms with E-state index in [4.69, 9.17) is 0 Å². The average molecular weight is 342 g/mol. The summed E-state index contributed by atoms with van der Waals surface area (Å²) < 4.78 is 28.7. The first-order chi connectivity index (χ1) is 12.1. The number of hydrogen-bond donors (Lipinski definition) is 0. The Hall–Kier alpha value is -2.83. The molecule has 1 amide bonds. The molecule has 0 radical (unpaired) electrons. The maximum atomic E-state index is 13.4. The second-order valence-electron chi connectivity index (χ2n) is 6.24. The van der Waals surface area contributed by atoms with Crippen molar-refractivity contribution in [2.24, 2.45) is 0 Å². The molecule has 1 aromatic carbocycles. The first-order valence-corrected chi connectivity index (χ1v) is 8.17. The van der Waals surface area contributed by atoms with Crippen molar-refractivity contribution in [2.45, 2.75) is 18.8 Å². The van der Waals surface area contributed by atoms with E-state index in [-0.39, 0.29) is 17.4 Å². The van der Waals surface area contributed by atoms with Gasteiger partial charge >= 0.3 is 0 Å². The lowest BCUT2D eigenvalue weighted by molar-refractivity contribution is 0.0703. The minimum atomic E-state index is -0.750. The SMILES string of the molecule is O=C(c1cc(F)cc(F)c1)N1CCC[C@H](c2nnc3ccccn23)C1. The zero-order chi connectivity index (χ0) is 17.4. The third-order valence-electron chi connectivity index (χ3n) is 4.52. The van der Waals surface area contributed by atoms with Gasteiger partial charge in [-0.05, 0) is 37.1 Å². The summed E-state index contributed by atoms with van der Waals surface area (Å²) in [6, 6.07) is 8.57. The van der Waals surface area contributed by atoms with Gasteiger partial charge in [-0.2, -0.15) is 0 Å². The molecular formula is C18H16F2N4O. The standard InChI is InChI=1S/C18H16F2N4O/c19-14-8-13(9-15(20)10-14)18(25)23-6-3-4-12(11-23)17-22-21-16-5-1-2-7-24(16)17/h1-2,5,7-10,12H,3-4,6,11H2/t12-/m0/s1. The molecular weight excluding hydrogens is 326 g/mol. The highest BCUT2D eigenvalue weighted by atomic mass is 19.1. The highest BCUT2D eigenvalue weighted by Crippen LogP contribution is 2.27. The van der Waals surface area contributed by atoms with Crippen molar-refractivity contribution in [3.8, 4) is 0 Å². The number of rotatable bonds is 2. The predicted molar refractivity (Wildman–Crippen MR) is 87.2 cm³/mol. The van der Waals surface area contributed by atoms with Gasteiger partial charge in [-0.3, -0.25) is 9.20 Å². The Morgan fingerprint density at radius 2 is 1.92 bits per heavy atom. The largest absolute Gasteiger partial charge is 0.338 e. The van der Waals surface area contributed by atoms with Crippen LogP contribution in [-0.2, 0) is 0 Å². The average Bonchev–Trinajstić information content (AvgIpc) is 3.04. The van der Waals surface area contributed by atoms with Gasteiger partial charge in [-0.25, -0.2) is 8.78 Å². The van der Waals surface area contributed by atoms with Crippen molar-refractivity contribution in [3.63, 3.8) is 0 Å². The fraction of sp³-hybridized carbons (Fsp3) is 0.278. The Morgan fingerprint density at radius 1 is 1.12 bits per heavy atom. The number of fused-ring (bicyclic) bond motifs is 1. The van der Waals surface area contributed by atoms with Gasteiger partial charge in [0.2, 0.25) is 0 Å². The van der Waals surface area contributed by atoms with Crippen LogP contribution in [0, 0.1) is 11.6 Å². The zero-order valence-electron chi connectivity index (χ0n) is 13.4. The maximum absolute atomic E-state index is 13.4. The number of nitrogens with zero attached hydrogens (tertiary/aromatic N) is 4. The quantitative estimate of drug-likeness (QED) is 0.719. The van der Waals surface area contributed by atoms with E-state index < -0.39 is 11.6 Å². The second kappa shape index (κ2) is 6.23. The molecule has 0 spiro atoms. The monoisotopic (exact) mass is 342 g/mol. The van der Waals surface area contributed by atoms with E-state index in [2.05, 4.69) is 10.2 Å². The molecule has 4 rings (SSSR count). The summed E-state index contributed by atoms with van der Waals surface area (Å²) in [5.41, 5.74) is 0.789. The van der Waals surface area contributed by atoms with E-state index in [1.165, 1.54) is 0 Å². The van der Waals surface area contributed by atoms with E-state index in [0.717, 1.165) is 42.5 Å². The minimum Gasteiger partial charge on any atom is -0.338 e. The molecule has 5 nitrogen and oxygen atoms in total. The van der Waals surface area contributed by atoms with Crippen molar-refractivity contribution in [1.29, 1.82) is 0 Å². The number of carbonyl (C=O) groups excluding carboxylic acids is 1. The highest BCUT2D eigenvalue weighted by molar-refractivity contribution is 5.94. The molecule has 1 aliphatic heterocycles. The van der Waals surface area contributed by atoms with Crippen LogP contribution in [-0.4, -0.2) is 38.5 Å². The van der Waals surface area contributed by atoms with E-state index >= 15 is 0 Å². The van der Waals surface area contributed by atoms with Crippen molar-refractivity contribution in [2.75, 3.05) is 13.1 Å². The number of amides is 1. The number of pyridine rings is 1. The Kier molecular flexibility index (Phi) is 3.91. The van der Waals surface area contributed by atoms with Crippen molar-refractivity contribution in [1.82, 2.24) is 19.5 Å². The highest BCUT2D eigenvalue weighted by Gasteiger charge is 2.28. The topological polar surface area (TPSA) is 50.5 Å². The Balaban J connectivity index is 1.59. The number of carbonyl (C=O) groups is 1. The Morgan fingerprint density at radius 3 is 2.72 bits per heavy atom. The molecule has 25 heavy (non-hydrogen) atoms. The Bertz CT molecular complexity index is 919. The molecule has 0 unspecified atom stereocenters. The van der Waals surface area contributed by atoms with Crippen LogP contribution in [0.3, 0.4) is 0 Å². The molecule has 1 atom stereocenters. The van der Waals surface area contributed by atoms with Crippen molar-refractivity contribution < 1.29 is 13.6 Å². The summed E-state index contributed by atoms with van der Waals surface area (Å²) in [5, 5.41) is 8.42. The Labute approximate surface area is 142 Å². The maximum Gasteiger partial charge on any atom is 0.254 e. The number of likely N-dealkylation sites (tertiary alicyclic amines) is 1. The number of halogens is 2. The molecule has 1 saturated heterocycles. The lowest BCUT2D eigenvalue weighted by Gasteiger charge is -2.32. The van der Waals surface area contributed by atoms with Gasteiger partial charge in [0.1, 0.15) is 17.5 Å². The second-order valence-corrected chi connectivity index (χ2v) is 6.24. The summed E-state index contributed by atoms with van der Waals surface area (Å²) >= 11 is 0. The number of piperidine rings is 1. The van der Waals surface area contributed by atoms with Crippen LogP contribution >= 0.6 is 0 Å². The third kappa shape index (κ3) is 2.97. The van der Waals surface area contributed by atoms with Crippen LogP contribution in [0.1, 0.15) is 34.9 Å². The predicted octanol–water partition coefficient (Wildman–Crippen LogP) is 3.03. The van der Waals surface area contributed by atoms with Gasteiger partial charge < -0.3 is 4.90 Å². The summed E-state index contributed by atoms with van der Waals surface area (Å²) in [7, 11) is 0. The lowest BCUT2D eigenvalue weighted by Crippen LogP contribution is -2.39. The van der Waals surface area contributed by atoms with Crippen LogP contribution in [0.25, 0.3) is 5.65 Å². The summed E-state index contributed by atoms with van der Waals surface area (Å²) in [6.45, 7) is 1.01. The lowest BCUT2D eigenvalue weighted by atomic mass is 9.96. The van der Waals surface area contributed by atoms with Crippen LogP contribution in [0.15, 0.2) is 42.6 Å². The van der Waals surface area contributed by atoms with E-state index in [0.29, 0.717) is 13.1 Å². The number of benzene rings is 1. The van der Waals surface area contributed by atoms with Gasteiger partial charge in [-0.1, -0.05) is 6.07 Å². The van der Waals surface area contributed by atoms with Crippen LogP contribution in [0.5, 0.6) is 0 Å². The molecule has 128 valence electrons. The molecule has 7 heteroatoms. The van der Waals surface area contributed by atoms with Gasteiger partial charge in [0, 0.05) is 36.8 Å². The normalized spacial score (nSPS) is 17.8. The first-order valence-electron chi connectivity index (χ1n) is 8.17. The van der Waals surface area contributed by atoms with Crippen LogP contribution < -0.4 is 0 Å². The van der Waals surface area contributed by atoms with Crippen LogP contribution in [0.2, 0.25) is 0 Å². The summed E-state index contributed by atoms with van der Waals surface area (Å²) in [5.74, 6) is -1.02. The molecule has 1 aliphatic rings. The molecule has 0 bridgehead atoms. The van der Waals surface area contributed by atoms with E-state index in [1.54, 1.807) is 4.90 Å². The first kappa shape index (κ1) is 15.7. The number of aromatic nitrogens is 3. The third-order valence-corrected chi connectivity index (χ3v) is 4.52. The molecule has 0 saturated carbocycles. The fourth-order valence-corrected chi connectivity index (χ4v) is 3.37. The molecule has 2 aromatic heterocycles. The molecule has 0 N–H and O–H groups in total. The smallest absolute Gasteiger partial charge is 0.254 e. The molecule has 3 heterocycles. The van der Waals surface area contributed by atoms with E-state index in [9.17, 15) is 13.6 Å². The molecule has 3 aromatic rings. The van der Waals surface area contributed by atoms with E-state index in [1.807, 2.05) is 28.8 Å². The van der Waals surface area contributed by atoms with Crippen molar-refractivity contribution >= 4 is 11.6 Å². The van der Waals surface area contributed by atoms with Gasteiger partial charge in [0.15, 0.2) is 5.65 Å². The molecule has 1 fully saturated rings. The minimum absolute atomic E-state index is 0.0317. The number of hydrogen-bond acceptors (Lipinski definition) is 3. The summed E-state index contributed by atoms with van der Waals surface area (Å²) in [6.07, 6.45) is 3.58. The zero-order valence-corrected chi connectivity index (χ0v) is 13.4. The van der Waals surface area contributed by atoms with Crippen molar-refractivity contribution in [3.05, 3.63) is 65.6 Å². The van der Waals surface area contributed by atoms with Gasteiger partial charge in [0.25, 0.3) is 5.91 Å². The van der Waals surface area contributed by atoms with Gasteiger partial charge in [-0.15, -0.1) is 10.2 Å². The fourth-order valence-electron chi connectivity index (χ4n) is 3.37.